The zero-order chi connectivity index (χ0) is 18.0. The Kier molecular flexibility index (Phi) is 4.40. The van der Waals surface area contributed by atoms with Crippen LogP contribution in [0, 0.1) is 5.82 Å². The number of nitrogens with zero attached hydrogens (tertiary/aromatic N) is 1. The Balaban J connectivity index is 1.96. The highest BCUT2D eigenvalue weighted by Gasteiger charge is 2.29. The Morgan fingerprint density at radius 3 is 2.56 bits per heavy atom. The minimum atomic E-state index is -0.601. The molecular weight excluding hydrogens is 319 g/mol. The van der Waals surface area contributed by atoms with Crippen LogP contribution in [0.3, 0.4) is 0 Å². The molecule has 1 N–H and O–H groups in total. The molecule has 1 aliphatic heterocycles. The van der Waals surface area contributed by atoms with Crippen LogP contribution in [0.15, 0.2) is 54.4 Å². The van der Waals surface area contributed by atoms with Gasteiger partial charge in [-0.3, -0.25) is 0 Å². The second-order valence-corrected chi connectivity index (χ2v) is 6.77. The van der Waals surface area contributed by atoms with E-state index in [-0.39, 0.29) is 5.82 Å². The number of carbonyl (C=O) groups excluding carboxylic acids is 1. The highest BCUT2D eigenvalue weighted by atomic mass is 19.1. The molecule has 2 aromatic rings. The number of alkyl carbamates (subject to hydrolysis) is 1. The molecule has 0 saturated heterocycles. The lowest BCUT2D eigenvalue weighted by Crippen LogP contribution is -2.34. The lowest BCUT2D eigenvalue weighted by molar-refractivity contribution is -0.377. The molecule has 0 aromatic heterocycles. The third kappa shape index (κ3) is 4.12. The van der Waals surface area contributed by atoms with Gasteiger partial charge in [0.05, 0.1) is 0 Å². The summed E-state index contributed by atoms with van der Waals surface area (Å²) in [6.45, 7) is 5.40. The first-order chi connectivity index (χ1) is 11.8. The highest BCUT2D eigenvalue weighted by molar-refractivity contribution is 5.81. The first-order valence-corrected chi connectivity index (χ1v) is 8.02. The maximum Gasteiger partial charge on any atom is 0.505 e. The second kappa shape index (κ2) is 6.51. The monoisotopic (exact) mass is 339 g/mol. The Morgan fingerprint density at radius 2 is 1.88 bits per heavy atom. The third-order valence-electron chi connectivity index (χ3n) is 3.51. The molecule has 25 heavy (non-hydrogen) atoms. The van der Waals surface area contributed by atoms with E-state index in [0.717, 1.165) is 11.1 Å². The molecule has 0 atom stereocenters. The average Bonchev–Trinajstić information content (AvgIpc) is 2.83. The van der Waals surface area contributed by atoms with Crippen LogP contribution in [-0.2, 0) is 4.74 Å². The van der Waals surface area contributed by atoms with Crippen LogP contribution in [0.2, 0.25) is 0 Å². The fourth-order valence-corrected chi connectivity index (χ4v) is 2.53. The molecule has 0 bridgehead atoms. The van der Waals surface area contributed by atoms with E-state index in [2.05, 4.69) is 5.32 Å². The lowest BCUT2D eigenvalue weighted by atomic mass is 10.2. The van der Waals surface area contributed by atoms with Crippen LogP contribution >= 0.6 is 0 Å². The summed E-state index contributed by atoms with van der Waals surface area (Å²) in [4.78, 5) is 12.1. The summed E-state index contributed by atoms with van der Waals surface area (Å²) in [5.41, 5.74) is 1.81. The van der Waals surface area contributed by atoms with E-state index in [1.54, 1.807) is 37.5 Å². The first kappa shape index (κ1) is 16.9. The predicted octanol–water partition coefficient (Wildman–Crippen LogP) is 4.43. The third-order valence-corrected chi connectivity index (χ3v) is 3.51. The molecule has 0 radical (unpaired) electrons. The molecule has 3 rings (SSSR count). The van der Waals surface area contributed by atoms with Crippen LogP contribution in [0.4, 0.5) is 14.9 Å². The zero-order valence-corrected chi connectivity index (χ0v) is 14.4. The molecule has 0 aliphatic carbocycles. The van der Waals surface area contributed by atoms with Gasteiger partial charge in [0.1, 0.15) is 23.3 Å². The fraction of sp³-hybridized carbons (Fsp3) is 0.200. The van der Waals surface area contributed by atoms with Crippen LogP contribution < -0.4 is 5.32 Å². The number of nitrogens with one attached hydrogen (secondary N) is 1. The SMILES string of the molecule is CC(C)(C)OC(=O)NC1=Cc2ccc(F)cc2[N+]1=Cc1ccccc1. The van der Waals surface area contributed by atoms with Gasteiger partial charge in [0.2, 0.25) is 0 Å². The molecule has 5 heteroatoms. The van der Waals surface area contributed by atoms with Crippen molar-refractivity contribution in [2.24, 2.45) is 0 Å². The number of carbonyl (C=O) groups is 1. The van der Waals surface area contributed by atoms with Crippen molar-refractivity contribution in [2.75, 3.05) is 0 Å². The quantitative estimate of drug-likeness (QED) is 0.823. The van der Waals surface area contributed by atoms with Crippen molar-refractivity contribution in [1.29, 1.82) is 0 Å². The van der Waals surface area contributed by atoms with Crippen LogP contribution in [-0.4, -0.2) is 22.5 Å². The summed E-state index contributed by atoms with van der Waals surface area (Å²) in [5, 5.41) is 2.74. The van der Waals surface area contributed by atoms with Gasteiger partial charge in [-0.05, 0) is 32.9 Å². The van der Waals surface area contributed by atoms with E-state index in [1.165, 1.54) is 12.1 Å². The van der Waals surface area contributed by atoms with Gasteiger partial charge in [0, 0.05) is 23.3 Å². The van der Waals surface area contributed by atoms with Crippen molar-refractivity contribution >= 4 is 24.1 Å². The van der Waals surface area contributed by atoms with Crippen molar-refractivity contribution in [1.82, 2.24) is 5.32 Å². The summed E-state index contributed by atoms with van der Waals surface area (Å²) in [6, 6.07) is 14.1. The molecule has 2 aromatic carbocycles. The molecule has 4 nitrogen and oxygen atoms in total. The van der Waals surface area contributed by atoms with Crippen molar-refractivity contribution in [3.05, 3.63) is 71.3 Å². The Hall–Kier alpha value is -2.95. The smallest absolute Gasteiger partial charge is 0.426 e. The van der Waals surface area contributed by atoms with E-state index in [9.17, 15) is 9.18 Å². The topological polar surface area (TPSA) is 41.3 Å². The van der Waals surface area contributed by atoms with Gasteiger partial charge in [0.25, 0.3) is 5.82 Å². The predicted molar refractivity (Wildman–Crippen MR) is 95.3 cm³/mol. The number of hydrogen-bond donors (Lipinski definition) is 1. The van der Waals surface area contributed by atoms with Crippen LogP contribution in [0.25, 0.3) is 6.08 Å². The number of ether oxygens (including phenoxy) is 1. The van der Waals surface area contributed by atoms with Crippen molar-refractivity contribution in [3.8, 4) is 0 Å². The number of hydrogen-bond acceptors (Lipinski definition) is 2. The Morgan fingerprint density at radius 1 is 1.16 bits per heavy atom. The number of fused-ring (bicyclic) bond motifs is 1. The average molecular weight is 339 g/mol. The first-order valence-electron chi connectivity index (χ1n) is 8.02. The van der Waals surface area contributed by atoms with E-state index in [1.807, 2.05) is 36.5 Å². The molecule has 0 unspecified atom stereocenters. The molecule has 1 amide bonds. The number of benzene rings is 2. The van der Waals surface area contributed by atoms with Gasteiger partial charge in [0.15, 0.2) is 0 Å². The summed E-state index contributed by atoms with van der Waals surface area (Å²) in [5.74, 6) is 0.177. The van der Waals surface area contributed by atoms with E-state index in [4.69, 9.17) is 4.74 Å². The van der Waals surface area contributed by atoms with Gasteiger partial charge in [-0.15, -0.1) is 0 Å². The van der Waals surface area contributed by atoms with Gasteiger partial charge >= 0.3 is 6.09 Å². The second-order valence-electron chi connectivity index (χ2n) is 6.77. The maximum atomic E-state index is 13.7. The number of rotatable bonds is 2. The van der Waals surface area contributed by atoms with Crippen molar-refractivity contribution in [3.63, 3.8) is 0 Å². The molecule has 0 saturated carbocycles. The maximum absolute atomic E-state index is 13.7. The summed E-state index contributed by atoms with van der Waals surface area (Å²) < 4.78 is 20.8. The highest BCUT2D eigenvalue weighted by Crippen LogP contribution is 2.31. The zero-order valence-electron chi connectivity index (χ0n) is 14.4. The van der Waals surface area contributed by atoms with Crippen molar-refractivity contribution in [2.45, 2.75) is 26.4 Å². The summed E-state index contributed by atoms with van der Waals surface area (Å²) in [7, 11) is 0. The summed E-state index contributed by atoms with van der Waals surface area (Å²) in [6.07, 6.45) is 3.07. The lowest BCUT2D eigenvalue weighted by Gasteiger charge is -2.17. The minimum Gasteiger partial charge on any atom is -0.426 e. The molecule has 0 fully saturated rings. The Bertz CT molecular complexity index is 865. The molecule has 0 spiro atoms. The fourth-order valence-electron chi connectivity index (χ4n) is 2.53. The standard InChI is InChI=1S/C20H19FN2O2/c1-20(2,3)25-19(24)22-18-11-15-9-10-16(21)12-17(15)23(18)13-14-7-5-4-6-8-14/h4-13H,1-3H3/p+1. The van der Waals surface area contributed by atoms with Gasteiger partial charge in [-0.2, -0.15) is 14.7 Å². The van der Waals surface area contributed by atoms with Crippen LogP contribution in [0.5, 0.6) is 0 Å². The van der Waals surface area contributed by atoms with Gasteiger partial charge in [-0.1, -0.05) is 30.3 Å². The molecular formula is C20H20FN2O2+. The summed E-state index contributed by atoms with van der Waals surface area (Å²) >= 11 is 0. The van der Waals surface area contributed by atoms with Gasteiger partial charge < -0.3 is 4.74 Å². The Labute approximate surface area is 146 Å². The van der Waals surface area contributed by atoms with Crippen molar-refractivity contribution < 1.29 is 18.5 Å². The number of halogens is 1. The van der Waals surface area contributed by atoms with Crippen LogP contribution in [0.1, 0.15) is 31.9 Å². The molecule has 1 aliphatic rings. The normalized spacial score (nSPS) is 14.9. The minimum absolute atomic E-state index is 0.336. The molecule has 1 heterocycles. The van der Waals surface area contributed by atoms with E-state index < -0.39 is 11.7 Å². The van der Waals surface area contributed by atoms with E-state index >= 15 is 0 Å². The number of amides is 1. The molecule has 128 valence electrons. The van der Waals surface area contributed by atoms with Gasteiger partial charge in [-0.25, -0.2) is 4.39 Å². The largest absolute Gasteiger partial charge is 0.505 e. The van der Waals surface area contributed by atoms with E-state index in [0.29, 0.717) is 11.5 Å².